The molecule has 1 aliphatic rings. The summed E-state index contributed by atoms with van der Waals surface area (Å²) in [7, 11) is 1.81. The maximum Gasteiger partial charge on any atom is 0.0634 e. The number of hydrogen-bond acceptors (Lipinski definition) is 3. The average molecular weight is 270 g/mol. The largest absolute Gasteiger partial charge is 0.379 e. The lowest BCUT2D eigenvalue weighted by molar-refractivity contribution is -0.0138. The van der Waals surface area contributed by atoms with Gasteiger partial charge in [0.1, 0.15) is 0 Å². The first-order valence-electron chi connectivity index (χ1n) is 7.75. The van der Waals surface area contributed by atoms with E-state index < -0.39 is 0 Å². The minimum absolute atomic E-state index is 0.0210. The summed E-state index contributed by atoms with van der Waals surface area (Å²) < 4.78 is 5.55. The summed E-state index contributed by atoms with van der Waals surface area (Å²) in [6, 6.07) is 0.628. The summed E-state index contributed by atoms with van der Waals surface area (Å²) in [5.41, 5.74) is 0.223. The smallest absolute Gasteiger partial charge is 0.0634 e. The Hall–Kier alpha value is -0.120. The van der Waals surface area contributed by atoms with Crippen molar-refractivity contribution in [2.45, 2.75) is 71.6 Å². The third-order valence-electron chi connectivity index (χ3n) is 4.94. The van der Waals surface area contributed by atoms with E-state index in [1.165, 1.54) is 6.42 Å². The highest BCUT2D eigenvalue weighted by atomic mass is 16.5. The molecule has 0 radical (unpaired) electrons. The molecule has 0 bridgehead atoms. The maximum absolute atomic E-state index is 5.55. The first-order chi connectivity index (χ1) is 8.72. The van der Waals surface area contributed by atoms with Crippen LogP contribution in [0.3, 0.4) is 0 Å². The highest BCUT2D eigenvalue weighted by Crippen LogP contribution is 2.24. The summed E-state index contributed by atoms with van der Waals surface area (Å²) in [4.78, 5) is 2.64. The molecular weight excluding hydrogens is 236 g/mol. The van der Waals surface area contributed by atoms with Crippen LogP contribution in [-0.2, 0) is 4.74 Å². The van der Waals surface area contributed by atoms with Crippen molar-refractivity contribution in [3.8, 4) is 0 Å². The van der Waals surface area contributed by atoms with E-state index in [1.807, 2.05) is 7.11 Å². The summed E-state index contributed by atoms with van der Waals surface area (Å²) in [6.07, 6.45) is 2.33. The Bertz CT molecular complexity index is 276. The SMILES string of the molecule is CCC(C)C1CN(CCC(C)(C)OC)C(C)(C)CN1. The Balaban J connectivity index is 2.61. The molecule has 19 heavy (non-hydrogen) atoms. The van der Waals surface area contributed by atoms with Gasteiger partial charge in [-0.25, -0.2) is 0 Å². The quantitative estimate of drug-likeness (QED) is 0.803. The lowest BCUT2D eigenvalue weighted by Crippen LogP contribution is -2.63. The van der Waals surface area contributed by atoms with E-state index in [2.05, 4.69) is 51.8 Å². The molecule has 0 aromatic carbocycles. The van der Waals surface area contributed by atoms with Crippen molar-refractivity contribution >= 4 is 0 Å². The van der Waals surface area contributed by atoms with E-state index >= 15 is 0 Å². The molecule has 1 aliphatic heterocycles. The number of hydrogen-bond donors (Lipinski definition) is 1. The van der Waals surface area contributed by atoms with Crippen LogP contribution in [0.2, 0.25) is 0 Å². The molecule has 0 spiro atoms. The molecule has 0 saturated carbocycles. The number of nitrogens with one attached hydrogen (secondary N) is 1. The Morgan fingerprint density at radius 1 is 1.42 bits per heavy atom. The van der Waals surface area contributed by atoms with Crippen molar-refractivity contribution in [3.63, 3.8) is 0 Å². The number of piperazine rings is 1. The maximum atomic E-state index is 5.55. The fourth-order valence-corrected chi connectivity index (χ4v) is 2.61. The molecule has 0 amide bonds. The second-order valence-corrected chi connectivity index (χ2v) is 7.35. The van der Waals surface area contributed by atoms with Crippen molar-refractivity contribution in [1.82, 2.24) is 10.2 Å². The molecule has 3 heteroatoms. The van der Waals surface area contributed by atoms with Crippen LogP contribution < -0.4 is 5.32 Å². The zero-order chi connectivity index (χ0) is 14.7. The monoisotopic (exact) mass is 270 g/mol. The van der Waals surface area contributed by atoms with Crippen molar-refractivity contribution in [2.24, 2.45) is 5.92 Å². The molecule has 2 atom stereocenters. The molecule has 0 aromatic heterocycles. The Kier molecular flexibility index (Phi) is 5.84. The normalized spacial score (nSPS) is 26.4. The lowest BCUT2D eigenvalue weighted by atomic mass is 9.90. The van der Waals surface area contributed by atoms with E-state index in [-0.39, 0.29) is 11.1 Å². The van der Waals surface area contributed by atoms with Crippen LogP contribution in [-0.4, -0.2) is 48.8 Å². The molecule has 3 nitrogen and oxygen atoms in total. The molecule has 1 saturated heterocycles. The van der Waals surface area contributed by atoms with Crippen molar-refractivity contribution in [3.05, 3.63) is 0 Å². The van der Waals surface area contributed by atoms with Gasteiger partial charge in [-0.05, 0) is 40.0 Å². The van der Waals surface area contributed by atoms with E-state index in [0.29, 0.717) is 6.04 Å². The highest BCUT2D eigenvalue weighted by Gasteiger charge is 2.35. The zero-order valence-electron chi connectivity index (χ0n) is 14.0. The van der Waals surface area contributed by atoms with Crippen LogP contribution in [0.15, 0.2) is 0 Å². The number of ether oxygens (including phenoxy) is 1. The lowest BCUT2D eigenvalue weighted by Gasteiger charge is -2.48. The number of methoxy groups -OCH3 is 1. The minimum Gasteiger partial charge on any atom is -0.379 e. The van der Waals surface area contributed by atoms with Crippen LogP contribution in [0, 0.1) is 5.92 Å². The number of nitrogens with zero attached hydrogens (tertiary/aromatic N) is 1. The van der Waals surface area contributed by atoms with Crippen molar-refractivity contribution < 1.29 is 4.74 Å². The minimum atomic E-state index is -0.0210. The van der Waals surface area contributed by atoms with Crippen molar-refractivity contribution in [2.75, 3.05) is 26.7 Å². The zero-order valence-corrected chi connectivity index (χ0v) is 14.0. The first kappa shape index (κ1) is 16.9. The summed E-state index contributed by atoms with van der Waals surface area (Å²) >= 11 is 0. The molecule has 0 aromatic rings. The van der Waals surface area contributed by atoms with Gasteiger partial charge in [-0.15, -0.1) is 0 Å². The molecular formula is C16H34N2O. The molecule has 114 valence electrons. The van der Waals surface area contributed by atoms with Crippen LogP contribution in [0.1, 0.15) is 54.4 Å². The fourth-order valence-electron chi connectivity index (χ4n) is 2.61. The van der Waals surface area contributed by atoms with E-state index in [9.17, 15) is 0 Å². The summed E-state index contributed by atoms with van der Waals surface area (Å²) in [5, 5.41) is 3.73. The molecule has 1 heterocycles. The molecule has 0 aliphatic carbocycles. The Morgan fingerprint density at radius 3 is 2.58 bits per heavy atom. The van der Waals surface area contributed by atoms with Crippen LogP contribution in [0.4, 0.5) is 0 Å². The summed E-state index contributed by atoms with van der Waals surface area (Å²) in [6.45, 7) is 17.0. The standard InChI is InChI=1S/C16H34N2O/c1-8-13(2)14-11-18(15(3,4)12-17-14)10-9-16(5,6)19-7/h13-14,17H,8-12H2,1-7H3. The van der Waals surface area contributed by atoms with Crippen LogP contribution in [0.25, 0.3) is 0 Å². The van der Waals surface area contributed by atoms with Gasteiger partial charge in [0.25, 0.3) is 0 Å². The second-order valence-electron chi connectivity index (χ2n) is 7.35. The fraction of sp³-hybridized carbons (Fsp3) is 1.00. The van der Waals surface area contributed by atoms with Gasteiger partial charge in [-0.2, -0.15) is 0 Å². The van der Waals surface area contributed by atoms with Gasteiger partial charge in [0, 0.05) is 38.3 Å². The average Bonchev–Trinajstić information content (AvgIpc) is 2.36. The molecule has 1 rings (SSSR count). The third-order valence-corrected chi connectivity index (χ3v) is 4.94. The Labute approximate surface area is 120 Å². The summed E-state index contributed by atoms with van der Waals surface area (Å²) in [5.74, 6) is 0.744. The van der Waals surface area contributed by atoms with Gasteiger partial charge in [0.15, 0.2) is 0 Å². The van der Waals surface area contributed by atoms with E-state index in [1.54, 1.807) is 0 Å². The van der Waals surface area contributed by atoms with Gasteiger partial charge in [-0.1, -0.05) is 20.3 Å². The van der Waals surface area contributed by atoms with Gasteiger partial charge in [0.05, 0.1) is 5.60 Å². The van der Waals surface area contributed by atoms with E-state index in [0.717, 1.165) is 32.0 Å². The molecule has 1 N–H and O–H groups in total. The van der Waals surface area contributed by atoms with Gasteiger partial charge >= 0.3 is 0 Å². The topological polar surface area (TPSA) is 24.5 Å². The van der Waals surface area contributed by atoms with Crippen LogP contribution in [0.5, 0.6) is 0 Å². The molecule has 2 unspecified atom stereocenters. The second kappa shape index (κ2) is 6.55. The first-order valence-corrected chi connectivity index (χ1v) is 7.75. The predicted octanol–water partition coefficient (Wildman–Crippen LogP) is 2.90. The Morgan fingerprint density at radius 2 is 2.05 bits per heavy atom. The number of rotatable bonds is 6. The molecule has 1 fully saturated rings. The van der Waals surface area contributed by atoms with Gasteiger partial charge < -0.3 is 10.1 Å². The van der Waals surface area contributed by atoms with Gasteiger partial charge in [0.2, 0.25) is 0 Å². The van der Waals surface area contributed by atoms with Crippen LogP contribution >= 0.6 is 0 Å². The third kappa shape index (κ3) is 4.73. The van der Waals surface area contributed by atoms with E-state index in [4.69, 9.17) is 4.74 Å². The van der Waals surface area contributed by atoms with Crippen molar-refractivity contribution in [1.29, 1.82) is 0 Å². The highest BCUT2D eigenvalue weighted by molar-refractivity contribution is 4.94. The van der Waals surface area contributed by atoms with Gasteiger partial charge in [-0.3, -0.25) is 4.90 Å². The predicted molar refractivity (Wildman–Crippen MR) is 82.6 cm³/mol.